The van der Waals surface area contributed by atoms with Crippen LogP contribution in [-0.4, -0.2) is 59.7 Å². The minimum absolute atomic E-state index is 0.119. The maximum atomic E-state index is 13.5. The van der Waals surface area contributed by atoms with E-state index in [9.17, 15) is 19.2 Å². The minimum Gasteiger partial charge on any atom is -0.368 e. The number of nitrogens with one attached hydrogen (secondary N) is 2. The van der Waals surface area contributed by atoms with Gasteiger partial charge >= 0.3 is 0 Å². The Labute approximate surface area is 243 Å². The van der Waals surface area contributed by atoms with E-state index < -0.39 is 24.0 Å². The summed E-state index contributed by atoms with van der Waals surface area (Å²) in [5.41, 5.74) is 11.1. The first kappa shape index (κ1) is 35.9. The summed E-state index contributed by atoms with van der Waals surface area (Å²) in [6.45, 7) is 6.84. The molecule has 0 radical (unpaired) electrons. The molecule has 1 fully saturated rings. The highest BCUT2D eigenvalue weighted by Crippen LogP contribution is 2.21. The molecule has 0 aromatic heterocycles. The van der Waals surface area contributed by atoms with Crippen molar-refractivity contribution in [2.24, 2.45) is 17.4 Å². The second-order valence-electron chi connectivity index (χ2n) is 11.9. The van der Waals surface area contributed by atoms with Crippen LogP contribution in [0.5, 0.6) is 0 Å². The molecule has 40 heavy (non-hydrogen) atoms. The number of amides is 4. The molecule has 1 saturated heterocycles. The molecule has 0 aromatic rings. The molecule has 6 N–H and O–H groups in total. The van der Waals surface area contributed by atoms with Crippen LogP contribution in [0.15, 0.2) is 0 Å². The third kappa shape index (κ3) is 14.5. The largest absolute Gasteiger partial charge is 0.368 e. The predicted octanol–water partition coefficient (Wildman–Crippen LogP) is 4.31. The molecule has 0 bridgehead atoms. The smallest absolute Gasteiger partial charge is 0.245 e. The summed E-state index contributed by atoms with van der Waals surface area (Å²) in [6, 6.07) is -2.14. The monoisotopic (exact) mass is 565 g/mol. The number of primary amides is 1. The van der Waals surface area contributed by atoms with Crippen LogP contribution in [0.4, 0.5) is 0 Å². The van der Waals surface area contributed by atoms with E-state index in [2.05, 4.69) is 17.6 Å². The van der Waals surface area contributed by atoms with Crippen molar-refractivity contribution in [3.05, 3.63) is 0 Å². The maximum Gasteiger partial charge on any atom is 0.245 e. The molecule has 0 aliphatic carbocycles. The number of unbranched alkanes of at least 4 members (excludes halogenated alkanes) is 12. The Morgan fingerprint density at radius 2 is 1.40 bits per heavy atom. The summed E-state index contributed by atoms with van der Waals surface area (Å²) in [7, 11) is 0. The number of carbonyl (C=O) groups excluding carboxylic acids is 4. The lowest BCUT2D eigenvalue weighted by Gasteiger charge is -2.30. The van der Waals surface area contributed by atoms with Crippen LogP contribution >= 0.6 is 0 Å². The molecular weight excluding hydrogens is 506 g/mol. The normalized spacial score (nSPS) is 16.6. The summed E-state index contributed by atoms with van der Waals surface area (Å²) in [5.74, 6) is -1.48. The summed E-state index contributed by atoms with van der Waals surface area (Å²) in [6.07, 6.45) is 18.3. The molecule has 0 spiro atoms. The van der Waals surface area contributed by atoms with Gasteiger partial charge in [0.25, 0.3) is 0 Å². The van der Waals surface area contributed by atoms with Gasteiger partial charge in [0.05, 0.1) is 0 Å². The zero-order valence-corrected chi connectivity index (χ0v) is 25.7. The van der Waals surface area contributed by atoms with Crippen molar-refractivity contribution in [3.8, 4) is 0 Å². The number of hydrogen-bond acceptors (Lipinski definition) is 5. The minimum atomic E-state index is -0.791. The molecule has 1 heterocycles. The van der Waals surface area contributed by atoms with Crippen LogP contribution < -0.4 is 22.1 Å². The van der Waals surface area contributed by atoms with Gasteiger partial charge < -0.3 is 27.0 Å². The van der Waals surface area contributed by atoms with E-state index in [-0.39, 0.29) is 23.6 Å². The highest BCUT2D eigenvalue weighted by molar-refractivity contribution is 5.94. The van der Waals surface area contributed by atoms with Crippen LogP contribution in [0.3, 0.4) is 0 Å². The molecular formula is C31H59N5O4. The Kier molecular flexibility index (Phi) is 19.3. The fourth-order valence-electron chi connectivity index (χ4n) is 5.46. The molecule has 232 valence electrons. The standard InChI is InChI=1S/C31H59N5O4/c1-4-5-6-7-8-9-10-11-12-13-14-15-21-27(37)34-25(19-16-17-22-32)31(40)36-23-18-20-26(36)30(39)35-28(24(2)3)29(33)38/h24-26,28H,4-23,32H2,1-3H3,(H2,33,38)(H,34,37)(H,35,39)/t25-,26-,28-/m0/s1. The number of nitrogens with two attached hydrogens (primary N) is 2. The van der Waals surface area contributed by atoms with Gasteiger partial charge in [0.15, 0.2) is 0 Å². The molecule has 1 aliphatic rings. The molecule has 4 amide bonds. The van der Waals surface area contributed by atoms with E-state index in [4.69, 9.17) is 11.5 Å². The summed E-state index contributed by atoms with van der Waals surface area (Å²) >= 11 is 0. The Morgan fingerprint density at radius 1 is 0.825 bits per heavy atom. The van der Waals surface area contributed by atoms with E-state index in [1.165, 1.54) is 57.8 Å². The molecule has 3 atom stereocenters. The maximum absolute atomic E-state index is 13.5. The Balaban J connectivity index is 2.51. The lowest BCUT2D eigenvalue weighted by Crippen LogP contribution is -2.56. The number of nitrogens with zero attached hydrogens (tertiary/aromatic N) is 1. The van der Waals surface area contributed by atoms with Gasteiger partial charge in [0.1, 0.15) is 18.1 Å². The van der Waals surface area contributed by atoms with E-state index in [0.29, 0.717) is 45.2 Å². The van der Waals surface area contributed by atoms with Crippen molar-refractivity contribution < 1.29 is 19.2 Å². The number of hydrogen-bond donors (Lipinski definition) is 4. The van der Waals surface area contributed by atoms with Crippen LogP contribution in [0.1, 0.15) is 136 Å². The van der Waals surface area contributed by atoms with Crippen molar-refractivity contribution in [1.82, 2.24) is 15.5 Å². The molecule has 0 aromatic carbocycles. The van der Waals surface area contributed by atoms with Crippen molar-refractivity contribution in [2.75, 3.05) is 13.1 Å². The number of carbonyl (C=O) groups is 4. The van der Waals surface area contributed by atoms with Crippen molar-refractivity contribution in [2.45, 2.75) is 154 Å². The molecule has 1 rings (SSSR count). The first-order valence-corrected chi connectivity index (χ1v) is 16.1. The lowest BCUT2D eigenvalue weighted by atomic mass is 10.0. The fourth-order valence-corrected chi connectivity index (χ4v) is 5.46. The average molecular weight is 566 g/mol. The van der Waals surface area contributed by atoms with Gasteiger partial charge in [-0.05, 0) is 51.0 Å². The zero-order chi connectivity index (χ0) is 29.8. The first-order chi connectivity index (χ1) is 19.2. The Morgan fingerprint density at radius 3 is 1.93 bits per heavy atom. The molecule has 0 unspecified atom stereocenters. The predicted molar refractivity (Wildman–Crippen MR) is 161 cm³/mol. The van der Waals surface area contributed by atoms with Crippen LogP contribution in [0.25, 0.3) is 0 Å². The topological polar surface area (TPSA) is 148 Å². The van der Waals surface area contributed by atoms with Gasteiger partial charge in [0, 0.05) is 13.0 Å². The highest BCUT2D eigenvalue weighted by atomic mass is 16.2. The van der Waals surface area contributed by atoms with E-state index in [1.54, 1.807) is 4.90 Å². The summed E-state index contributed by atoms with van der Waals surface area (Å²) < 4.78 is 0. The second kappa shape index (κ2) is 21.6. The SMILES string of the molecule is CCCCCCCCCCCCCCC(=O)N[C@@H](CCCCN)C(=O)N1CCC[C@H]1C(=O)N[C@H](C(N)=O)C(C)C. The Bertz CT molecular complexity index is 745. The lowest BCUT2D eigenvalue weighted by molar-refractivity contribution is -0.142. The van der Waals surface area contributed by atoms with Crippen molar-refractivity contribution in [1.29, 1.82) is 0 Å². The summed E-state index contributed by atoms with van der Waals surface area (Å²) in [5, 5.41) is 5.68. The number of likely N-dealkylation sites (tertiary alicyclic amines) is 1. The fraction of sp³-hybridized carbons (Fsp3) is 0.871. The second-order valence-corrected chi connectivity index (χ2v) is 11.9. The van der Waals surface area contributed by atoms with Crippen LogP contribution in [0.2, 0.25) is 0 Å². The third-order valence-electron chi connectivity index (χ3n) is 7.95. The third-order valence-corrected chi connectivity index (χ3v) is 7.95. The molecule has 1 aliphatic heterocycles. The van der Waals surface area contributed by atoms with Gasteiger partial charge in [0.2, 0.25) is 23.6 Å². The Hall–Kier alpha value is -2.16. The van der Waals surface area contributed by atoms with E-state index >= 15 is 0 Å². The summed E-state index contributed by atoms with van der Waals surface area (Å²) in [4.78, 5) is 52.6. The van der Waals surface area contributed by atoms with Crippen molar-refractivity contribution in [3.63, 3.8) is 0 Å². The van der Waals surface area contributed by atoms with Gasteiger partial charge in [-0.25, -0.2) is 0 Å². The van der Waals surface area contributed by atoms with Gasteiger partial charge in [-0.3, -0.25) is 19.2 Å². The van der Waals surface area contributed by atoms with Gasteiger partial charge in [-0.1, -0.05) is 91.4 Å². The quantitative estimate of drug-likeness (QED) is 0.136. The highest BCUT2D eigenvalue weighted by Gasteiger charge is 2.38. The molecule has 9 nitrogen and oxygen atoms in total. The molecule has 0 saturated carbocycles. The zero-order valence-electron chi connectivity index (χ0n) is 25.7. The van der Waals surface area contributed by atoms with Gasteiger partial charge in [-0.15, -0.1) is 0 Å². The van der Waals surface area contributed by atoms with Crippen molar-refractivity contribution >= 4 is 23.6 Å². The first-order valence-electron chi connectivity index (χ1n) is 16.1. The molecule has 9 heteroatoms. The van der Waals surface area contributed by atoms with Crippen LogP contribution in [-0.2, 0) is 19.2 Å². The number of rotatable bonds is 23. The van der Waals surface area contributed by atoms with Crippen LogP contribution in [0, 0.1) is 5.92 Å². The van der Waals surface area contributed by atoms with E-state index in [1.807, 2.05) is 13.8 Å². The van der Waals surface area contributed by atoms with Gasteiger partial charge in [-0.2, -0.15) is 0 Å². The van der Waals surface area contributed by atoms with E-state index in [0.717, 1.165) is 25.7 Å². The average Bonchev–Trinajstić information content (AvgIpc) is 3.41.